The Bertz CT molecular complexity index is 663. The lowest BCUT2D eigenvalue weighted by atomic mass is 10.1. The van der Waals surface area contributed by atoms with Crippen LogP contribution in [0.25, 0.3) is 0 Å². The normalized spacial score (nSPS) is 10.9. The summed E-state index contributed by atoms with van der Waals surface area (Å²) < 4.78 is 11.3. The number of ether oxygens (including phenoxy) is 2. The molecule has 0 radical (unpaired) electrons. The smallest absolute Gasteiger partial charge is 0.180 e. The maximum absolute atomic E-state index is 9.32. The molecule has 0 aliphatic heterocycles. The van der Waals surface area contributed by atoms with Crippen LogP contribution in [0.1, 0.15) is 25.0 Å². The average Bonchev–Trinajstić information content (AvgIpc) is 2.59. The van der Waals surface area contributed by atoms with Gasteiger partial charge in [0.1, 0.15) is 6.61 Å². The van der Waals surface area contributed by atoms with E-state index in [1.54, 1.807) is 7.11 Å². The maximum atomic E-state index is 9.32. The van der Waals surface area contributed by atoms with Gasteiger partial charge in [0, 0.05) is 12.1 Å². The standard InChI is InChI=1S/C19H24ClNO3.ClH/c1-19(2,13-22)21-11-15-9-16(20)18(17(10-15)23-3)24-12-14-7-5-4-6-8-14;/h4-10,21-22H,11-13H2,1-3H3;1H. The van der Waals surface area contributed by atoms with Gasteiger partial charge in [-0.2, -0.15) is 0 Å². The number of rotatable bonds is 8. The molecule has 2 aromatic rings. The van der Waals surface area contributed by atoms with Crippen molar-refractivity contribution in [3.8, 4) is 11.5 Å². The molecule has 0 bridgehead atoms. The second-order valence-electron chi connectivity index (χ2n) is 6.28. The minimum Gasteiger partial charge on any atom is -0.493 e. The van der Waals surface area contributed by atoms with Gasteiger partial charge in [0.15, 0.2) is 11.5 Å². The number of hydrogen-bond acceptors (Lipinski definition) is 4. The number of methoxy groups -OCH3 is 1. The summed E-state index contributed by atoms with van der Waals surface area (Å²) in [5.74, 6) is 1.13. The molecule has 6 heteroatoms. The monoisotopic (exact) mass is 385 g/mol. The first-order chi connectivity index (χ1) is 11.4. The van der Waals surface area contributed by atoms with Crippen molar-refractivity contribution in [2.75, 3.05) is 13.7 Å². The van der Waals surface area contributed by atoms with Crippen LogP contribution in [0, 0.1) is 0 Å². The molecule has 0 aromatic heterocycles. The zero-order valence-electron chi connectivity index (χ0n) is 14.7. The lowest BCUT2D eigenvalue weighted by Crippen LogP contribution is -2.42. The van der Waals surface area contributed by atoms with Gasteiger partial charge >= 0.3 is 0 Å². The van der Waals surface area contributed by atoms with E-state index in [9.17, 15) is 5.11 Å². The van der Waals surface area contributed by atoms with Crippen LogP contribution in [-0.4, -0.2) is 24.4 Å². The average molecular weight is 386 g/mol. The summed E-state index contributed by atoms with van der Waals surface area (Å²) in [5, 5.41) is 13.1. The van der Waals surface area contributed by atoms with E-state index >= 15 is 0 Å². The highest BCUT2D eigenvalue weighted by Gasteiger charge is 2.17. The first-order valence-electron chi connectivity index (χ1n) is 7.84. The van der Waals surface area contributed by atoms with Gasteiger partial charge in [-0.25, -0.2) is 0 Å². The number of aliphatic hydroxyl groups is 1. The zero-order chi connectivity index (χ0) is 17.6. The molecule has 2 N–H and O–H groups in total. The Morgan fingerprint density at radius 2 is 1.80 bits per heavy atom. The zero-order valence-corrected chi connectivity index (χ0v) is 16.3. The minimum atomic E-state index is -0.359. The number of benzene rings is 2. The van der Waals surface area contributed by atoms with E-state index in [0.717, 1.165) is 11.1 Å². The molecule has 0 unspecified atom stereocenters. The maximum Gasteiger partial charge on any atom is 0.180 e. The van der Waals surface area contributed by atoms with E-state index in [1.807, 2.05) is 56.3 Å². The molecule has 0 heterocycles. The number of aliphatic hydroxyl groups excluding tert-OH is 1. The third-order valence-electron chi connectivity index (χ3n) is 3.68. The molecule has 0 saturated carbocycles. The fourth-order valence-electron chi connectivity index (χ4n) is 2.14. The summed E-state index contributed by atoms with van der Waals surface area (Å²) in [7, 11) is 1.59. The molecular weight excluding hydrogens is 361 g/mol. The van der Waals surface area contributed by atoms with E-state index in [1.165, 1.54) is 0 Å². The summed E-state index contributed by atoms with van der Waals surface area (Å²) in [6.07, 6.45) is 0. The molecule has 0 amide bonds. The van der Waals surface area contributed by atoms with Crippen molar-refractivity contribution in [1.29, 1.82) is 0 Å². The van der Waals surface area contributed by atoms with Crippen LogP contribution in [0.15, 0.2) is 42.5 Å². The van der Waals surface area contributed by atoms with Crippen LogP contribution in [0.4, 0.5) is 0 Å². The van der Waals surface area contributed by atoms with Gasteiger partial charge in [0.05, 0.1) is 18.7 Å². The topological polar surface area (TPSA) is 50.7 Å². The second kappa shape index (κ2) is 9.88. The molecule has 0 saturated heterocycles. The quantitative estimate of drug-likeness (QED) is 0.714. The third kappa shape index (κ3) is 6.40. The Balaban J connectivity index is 0.00000312. The van der Waals surface area contributed by atoms with Gasteiger partial charge in [-0.1, -0.05) is 41.9 Å². The molecule has 2 aromatic carbocycles. The summed E-state index contributed by atoms with van der Waals surface area (Å²) in [6.45, 7) is 4.91. The van der Waals surface area contributed by atoms with E-state index in [4.69, 9.17) is 21.1 Å². The van der Waals surface area contributed by atoms with E-state index in [-0.39, 0.29) is 24.6 Å². The highest BCUT2D eigenvalue weighted by atomic mass is 35.5. The Morgan fingerprint density at radius 3 is 2.40 bits per heavy atom. The molecule has 138 valence electrons. The lowest BCUT2D eigenvalue weighted by molar-refractivity contribution is 0.187. The predicted molar refractivity (Wildman–Crippen MR) is 104 cm³/mol. The Morgan fingerprint density at radius 1 is 1.12 bits per heavy atom. The molecule has 0 aliphatic carbocycles. The van der Waals surface area contributed by atoms with Crippen LogP contribution in [0.3, 0.4) is 0 Å². The minimum absolute atomic E-state index is 0. The molecule has 0 atom stereocenters. The predicted octanol–water partition coefficient (Wildman–Crippen LogP) is 4.21. The fraction of sp³-hybridized carbons (Fsp3) is 0.368. The molecule has 4 nitrogen and oxygen atoms in total. The lowest BCUT2D eigenvalue weighted by Gasteiger charge is -2.24. The Kier molecular flexibility index (Phi) is 8.53. The summed E-state index contributed by atoms with van der Waals surface area (Å²) >= 11 is 6.38. The van der Waals surface area contributed by atoms with E-state index < -0.39 is 0 Å². The van der Waals surface area contributed by atoms with E-state index in [2.05, 4.69) is 5.32 Å². The summed E-state index contributed by atoms with van der Waals surface area (Å²) in [6, 6.07) is 13.6. The summed E-state index contributed by atoms with van der Waals surface area (Å²) in [5.41, 5.74) is 1.67. The second-order valence-corrected chi connectivity index (χ2v) is 6.69. The first-order valence-corrected chi connectivity index (χ1v) is 8.22. The van der Waals surface area contributed by atoms with Gasteiger partial charge in [0.25, 0.3) is 0 Å². The highest BCUT2D eigenvalue weighted by Crippen LogP contribution is 2.37. The van der Waals surface area contributed by atoms with Crippen molar-refractivity contribution >= 4 is 24.0 Å². The molecular formula is C19H25Cl2NO3. The van der Waals surface area contributed by atoms with Crippen molar-refractivity contribution in [2.24, 2.45) is 0 Å². The molecule has 0 fully saturated rings. The molecule has 0 aliphatic rings. The first kappa shape index (κ1) is 21.6. The fourth-order valence-corrected chi connectivity index (χ4v) is 2.43. The van der Waals surface area contributed by atoms with E-state index in [0.29, 0.717) is 29.7 Å². The van der Waals surface area contributed by atoms with Crippen LogP contribution < -0.4 is 14.8 Å². The van der Waals surface area contributed by atoms with Gasteiger partial charge in [-0.3, -0.25) is 0 Å². The molecule has 2 rings (SSSR count). The van der Waals surface area contributed by atoms with Crippen LogP contribution in [-0.2, 0) is 13.2 Å². The van der Waals surface area contributed by atoms with Crippen LogP contribution in [0.2, 0.25) is 5.02 Å². The SMILES string of the molecule is COc1cc(CNC(C)(C)CO)cc(Cl)c1OCc1ccccc1.Cl. The Hall–Kier alpha value is -1.46. The van der Waals surface area contributed by atoms with Crippen molar-refractivity contribution in [3.63, 3.8) is 0 Å². The largest absolute Gasteiger partial charge is 0.493 e. The summed E-state index contributed by atoms with van der Waals surface area (Å²) in [4.78, 5) is 0. The highest BCUT2D eigenvalue weighted by molar-refractivity contribution is 6.32. The van der Waals surface area contributed by atoms with Gasteiger partial charge in [0.2, 0.25) is 0 Å². The van der Waals surface area contributed by atoms with Crippen molar-refractivity contribution < 1.29 is 14.6 Å². The number of halogens is 2. The number of nitrogens with one attached hydrogen (secondary N) is 1. The van der Waals surface area contributed by atoms with Crippen molar-refractivity contribution in [3.05, 3.63) is 58.6 Å². The Labute approximate surface area is 160 Å². The molecule has 0 spiro atoms. The van der Waals surface area contributed by atoms with Gasteiger partial charge in [-0.15, -0.1) is 12.4 Å². The van der Waals surface area contributed by atoms with Gasteiger partial charge < -0.3 is 19.9 Å². The van der Waals surface area contributed by atoms with Crippen molar-refractivity contribution in [2.45, 2.75) is 32.5 Å². The van der Waals surface area contributed by atoms with Gasteiger partial charge in [-0.05, 0) is 37.1 Å². The third-order valence-corrected chi connectivity index (χ3v) is 3.96. The van der Waals surface area contributed by atoms with Crippen molar-refractivity contribution in [1.82, 2.24) is 5.32 Å². The molecule has 25 heavy (non-hydrogen) atoms. The van der Waals surface area contributed by atoms with Crippen LogP contribution in [0.5, 0.6) is 11.5 Å². The number of hydrogen-bond donors (Lipinski definition) is 2. The van der Waals surface area contributed by atoms with Crippen LogP contribution >= 0.6 is 24.0 Å².